The summed E-state index contributed by atoms with van der Waals surface area (Å²) < 4.78 is 144. The van der Waals surface area contributed by atoms with E-state index in [2.05, 4.69) is 0 Å². The molecule has 0 bridgehead atoms. The lowest BCUT2D eigenvalue weighted by Crippen LogP contribution is -2.46. The predicted molar refractivity (Wildman–Crippen MR) is 110 cm³/mol. The number of rotatable bonds is 2. The first-order chi connectivity index (χ1) is 17.8. The maximum absolute atomic E-state index is 15.0. The summed E-state index contributed by atoms with van der Waals surface area (Å²) in [5, 5.41) is 23.6. The van der Waals surface area contributed by atoms with Gasteiger partial charge >= 0.3 is 0 Å². The van der Waals surface area contributed by atoms with Gasteiger partial charge in [0.15, 0.2) is 46.5 Å². The Balaban J connectivity index is 2.00. The molecular formula is C26H10F10O2. The number of halogens is 10. The molecule has 0 aromatic heterocycles. The Kier molecular flexibility index (Phi) is 5.62. The number of aliphatic hydroxyl groups is 2. The second-order valence-corrected chi connectivity index (χ2v) is 8.40. The van der Waals surface area contributed by atoms with Gasteiger partial charge in [0, 0.05) is 0 Å². The van der Waals surface area contributed by atoms with Gasteiger partial charge in [-0.05, 0) is 22.3 Å². The summed E-state index contributed by atoms with van der Waals surface area (Å²) in [5.74, 6) is -24.6. The zero-order valence-corrected chi connectivity index (χ0v) is 18.3. The average molecular weight is 544 g/mol. The Bertz CT molecular complexity index is 1440. The molecule has 0 radical (unpaired) electrons. The van der Waals surface area contributed by atoms with Crippen molar-refractivity contribution in [2.45, 2.75) is 11.2 Å². The quantitative estimate of drug-likeness (QED) is 0.186. The van der Waals surface area contributed by atoms with Crippen molar-refractivity contribution in [2.75, 3.05) is 0 Å². The minimum Gasteiger partial charge on any atom is -0.376 e. The lowest BCUT2D eigenvalue weighted by Gasteiger charge is -2.45. The van der Waals surface area contributed by atoms with Crippen molar-refractivity contribution in [1.29, 1.82) is 0 Å². The molecule has 12 heteroatoms. The Labute approximate surface area is 206 Å². The molecule has 0 fully saturated rings. The van der Waals surface area contributed by atoms with Crippen LogP contribution < -0.4 is 0 Å². The van der Waals surface area contributed by atoms with E-state index in [1.165, 1.54) is 0 Å². The van der Waals surface area contributed by atoms with Gasteiger partial charge in [0.25, 0.3) is 0 Å². The van der Waals surface area contributed by atoms with E-state index in [0.717, 1.165) is 48.5 Å². The van der Waals surface area contributed by atoms with Crippen LogP contribution >= 0.6 is 0 Å². The summed E-state index contributed by atoms with van der Waals surface area (Å²) in [6.45, 7) is 0. The van der Waals surface area contributed by atoms with Crippen molar-refractivity contribution in [3.63, 3.8) is 0 Å². The van der Waals surface area contributed by atoms with Crippen LogP contribution in [0.25, 0.3) is 0 Å². The molecule has 5 rings (SSSR count). The summed E-state index contributed by atoms with van der Waals surface area (Å²) in [6, 6.07) is 7.57. The topological polar surface area (TPSA) is 40.5 Å². The average Bonchev–Trinajstić information content (AvgIpc) is 2.92. The third kappa shape index (κ3) is 2.98. The summed E-state index contributed by atoms with van der Waals surface area (Å²) >= 11 is 0. The fourth-order valence-corrected chi connectivity index (χ4v) is 4.90. The number of fused-ring (bicyclic) bond motifs is 2. The second-order valence-electron chi connectivity index (χ2n) is 8.40. The minimum atomic E-state index is -3.31. The van der Waals surface area contributed by atoms with Crippen molar-refractivity contribution in [1.82, 2.24) is 0 Å². The zero-order chi connectivity index (χ0) is 27.9. The van der Waals surface area contributed by atoms with E-state index in [0.29, 0.717) is 0 Å². The van der Waals surface area contributed by atoms with E-state index in [-0.39, 0.29) is 0 Å². The molecule has 0 aliphatic heterocycles. The molecule has 0 atom stereocenters. The minimum absolute atomic E-state index is 0.820. The standard InChI is InChI=1S/C26H10F10O2/c27-15-13(16(28)20(32)23(35)19(15)31)25(37)9-5-1-2-6-10(9)26(38,12-8-4-3-7-11(12)25)14-17(29)21(33)24(36)22(34)18(14)30/h1-8,37-38H. The fraction of sp³-hybridized carbons (Fsp3) is 0.0769. The van der Waals surface area contributed by atoms with Crippen molar-refractivity contribution in [3.8, 4) is 0 Å². The van der Waals surface area contributed by atoms with Crippen LogP contribution in [0, 0.1) is 58.2 Å². The monoisotopic (exact) mass is 544 g/mol. The highest BCUT2D eigenvalue weighted by molar-refractivity contribution is 5.65. The van der Waals surface area contributed by atoms with Crippen molar-refractivity contribution in [2.24, 2.45) is 0 Å². The van der Waals surface area contributed by atoms with E-state index < -0.39 is 103 Å². The van der Waals surface area contributed by atoms with Crippen molar-refractivity contribution >= 4 is 0 Å². The normalized spacial score (nSPS) is 20.3. The Hall–Kier alpha value is -3.90. The van der Waals surface area contributed by atoms with Gasteiger partial charge in [-0.1, -0.05) is 48.5 Å². The SMILES string of the molecule is OC1(c2c(F)c(F)c(F)c(F)c2F)c2ccccc2C(O)(c2c(F)c(F)c(F)c(F)c2F)c2ccccc21. The van der Waals surface area contributed by atoms with Gasteiger partial charge in [-0.25, -0.2) is 43.9 Å². The summed E-state index contributed by atoms with van der Waals surface area (Å²) in [6.07, 6.45) is 0. The van der Waals surface area contributed by atoms with Crippen LogP contribution in [-0.2, 0) is 11.2 Å². The number of hydrogen-bond acceptors (Lipinski definition) is 2. The van der Waals surface area contributed by atoms with Crippen molar-refractivity contribution in [3.05, 3.63) is 140 Å². The Morgan fingerprint density at radius 2 is 0.526 bits per heavy atom. The molecule has 0 saturated carbocycles. The zero-order valence-electron chi connectivity index (χ0n) is 18.3. The van der Waals surface area contributed by atoms with E-state index in [1.807, 2.05) is 0 Å². The van der Waals surface area contributed by atoms with E-state index in [4.69, 9.17) is 0 Å². The fourth-order valence-electron chi connectivity index (χ4n) is 4.90. The molecule has 1 aliphatic carbocycles. The molecule has 4 aromatic carbocycles. The predicted octanol–water partition coefficient (Wildman–Crippen LogP) is 5.96. The molecule has 0 heterocycles. The largest absolute Gasteiger partial charge is 0.376 e. The summed E-state index contributed by atoms with van der Waals surface area (Å²) in [7, 11) is 0. The lowest BCUT2D eigenvalue weighted by molar-refractivity contribution is 0.0639. The van der Waals surface area contributed by atoms with Gasteiger partial charge < -0.3 is 10.2 Å². The van der Waals surface area contributed by atoms with Crippen LogP contribution in [0.15, 0.2) is 48.5 Å². The molecule has 4 aromatic rings. The smallest absolute Gasteiger partial charge is 0.200 e. The Morgan fingerprint density at radius 3 is 0.737 bits per heavy atom. The van der Waals surface area contributed by atoms with Gasteiger partial charge in [-0.2, -0.15) is 0 Å². The third-order valence-electron chi connectivity index (χ3n) is 6.56. The van der Waals surface area contributed by atoms with Crippen molar-refractivity contribution < 1.29 is 54.1 Å². The number of hydrogen-bond donors (Lipinski definition) is 2. The first-order valence-electron chi connectivity index (χ1n) is 10.5. The number of benzene rings is 4. The molecular weight excluding hydrogens is 534 g/mol. The maximum Gasteiger partial charge on any atom is 0.200 e. The summed E-state index contributed by atoms with van der Waals surface area (Å²) in [4.78, 5) is 0. The Morgan fingerprint density at radius 1 is 0.342 bits per heavy atom. The van der Waals surface area contributed by atoms with Gasteiger partial charge in [0.2, 0.25) is 11.6 Å². The first-order valence-corrected chi connectivity index (χ1v) is 10.5. The molecule has 2 N–H and O–H groups in total. The van der Waals surface area contributed by atoms with E-state index in [1.54, 1.807) is 0 Å². The highest BCUT2D eigenvalue weighted by atomic mass is 19.2. The second kappa shape index (κ2) is 8.30. The molecule has 0 unspecified atom stereocenters. The lowest BCUT2D eigenvalue weighted by atomic mass is 9.63. The molecule has 0 spiro atoms. The third-order valence-corrected chi connectivity index (χ3v) is 6.56. The van der Waals surface area contributed by atoms with Gasteiger partial charge in [-0.15, -0.1) is 0 Å². The van der Waals surface area contributed by atoms with E-state index >= 15 is 17.6 Å². The molecule has 0 amide bonds. The van der Waals surface area contributed by atoms with Crippen LogP contribution in [-0.4, -0.2) is 10.2 Å². The van der Waals surface area contributed by atoms with Crippen LogP contribution in [0.5, 0.6) is 0 Å². The van der Waals surface area contributed by atoms with Crippen LogP contribution in [0.2, 0.25) is 0 Å². The van der Waals surface area contributed by atoms with Gasteiger partial charge in [-0.3, -0.25) is 0 Å². The van der Waals surface area contributed by atoms with E-state index in [9.17, 15) is 36.6 Å². The maximum atomic E-state index is 15.0. The molecule has 2 nitrogen and oxygen atoms in total. The van der Waals surface area contributed by atoms with Gasteiger partial charge in [0.1, 0.15) is 11.2 Å². The van der Waals surface area contributed by atoms with Crippen LogP contribution in [0.4, 0.5) is 43.9 Å². The van der Waals surface area contributed by atoms with Crippen LogP contribution in [0.1, 0.15) is 33.4 Å². The molecule has 38 heavy (non-hydrogen) atoms. The molecule has 0 saturated heterocycles. The van der Waals surface area contributed by atoms with Crippen LogP contribution in [0.3, 0.4) is 0 Å². The van der Waals surface area contributed by atoms with Gasteiger partial charge in [0.05, 0.1) is 11.1 Å². The molecule has 196 valence electrons. The first kappa shape index (κ1) is 25.7. The molecule has 1 aliphatic rings. The highest BCUT2D eigenvalue weighted by Crippen LogP contribution is 2.55. The highest BCUT2D eigenvalue weighted by Gasteiger charge is 2.56. The summed E-state index contributed by atoms with van der Waals surface area (Å²) in [5.41, 5.74) is -13.7.